The third kappa shape index (κ3) is 3.89. The zero-order chi connectivity index (χ0) is 17.8. The molecule has 24 heavy (non-hydrogen) atoms. The summed E-state index contributed by atoms with van der Waals surface area (Å²) in [5.74, 6) is 1.61. The molecule has 0 spiro atoms. The molecule has 132 valence electrons. The van der Waals surface area contributed by atoms with E-state index < -0.39 is 7.12 Å². The Hall–Kier alpha value is -1.20. The number of ether oxygens (including phenoxy) is 2. The molecular weight excluding hydrogens is 303 g/mol. The van der Waals surface area contributed by atoms with Crippen LogP contribution in [0.5, 0.6) is 11.5 Å². The minimum Gasteiger partial charge on any atom is -0.490 e. The van der Waals surface area contributed by atoms with Gasteiger partial charge in [0.1, 0.15) is 17.1 Å². The summed E-state index contributed by atoms with van der Waals surface area (Å²) in [6.45, 7) is 14.4. The molecule has 0 N–H and O–H groups in total. The van der Waals surface area contributed by atoms with Gasteiger partial charge in [0, 0.05) is 6.07 Å². The average molecular weight is 332 g/mol. The van der Waals surface area contributed by atoms with E-state index in [0.29, 0.717) is 6.10 Å². The fourth-order valence-corrected chi connectivity index (χ4v) is 2.57. The maximum atomic E-state index is 6.18. The first-order valence-corrected chi connectivity index (χ1v) is 8.81. The van der Waals surface area contributed by atoms with Crippen molar-refractivity contribution in [2.24, 2.45) is 0 Å². The first kappa shape index (κ1) is 17.6. The summed E-state index contributed by atoms with van der Waals surface area (Å²) in [6, 6.07) is 5.96. The summed E-state index contributed by atoms with van der Waals surface area (Å²) in [4.78, 5) is 0. The van der Waals surface area contributed by atoms with Gasteiger partial charge in [0.05, 0.1) is 17.3 Å². The fraction of sp³-hybridized carbons (Fsp3) is 0.684. The standard InChI is InChI=1S/C19H29BO4/c1-17(2,3)22-16-11-13(10-15(12-16)21-14-8-9-14)20-23-18(4,5)19(6,7)24-20/h10-12,14H,8-9H2,1-7H3. The molecule has 2 fully saturated rings. The van der Waals surface area contributed by atoms with Gasteiger partial charge in [-0.05, 0) is 78.9 Å². The molecule has 1 aliphatic heterocycles. The topological polar surface area (TPSA) is 36.9 Å². The largest absolute Gasteiger partial charge is 0.495 e. The highest BCUT2D eigenvalue weighted by Crippen LogP contribution is 2.37. The van der Waals surface area contributed by atoms with Gasteiger partial charge in [0.15, 0.2) is 0 Å². The van der Waals surface area contributed by atoms with E-state index in [2.05, 4.69) is 27.7 Å². The van der Waals surface area contributed by atoms with Crippen LogP contribution in [0.15, 0.2) is 18.2 Å². The van der Waals surface area contributed by atoms with Gasteiger partial charge >= 0.3 is 7.12 Å². The lowest BCUT2D eigenvalue weighted by Gasteiger charge is -2.32. The second-order valence-corrected chi connectivity index (χ2v) is 8.86. The van der Waals surface area contributed by atoms with Gasteiger partial charge in [-0.1, -0.05) is 0 Å². The monoisotopic (exact) mass is 332 g/mol. The van der Waals surface area contributed by atoms with Gasteiger partial charge in [0.2, 0.25) is 0 Å². The van der Waals surface area contributed by atoms with Crippen molar-refractivity contribution in [1.29, 1.82) is 0 Å². The predicted molar refractivity (Wildman–Crippen MR) is 96.2 cm³/mol. The molecule has 0 atom stereocenters. The van der Waals surface area contributed by atoms with E-state index in [4.69, 9.17) is 18.8 Å². The Bertz CT molecular complexity index is 598. The maximum absolute atomic E-state index is 6.18. The quantitative estimate of drug-likeness (QED) is 0.788. The van der Waals surface area contributed by atoms with Crippen LogP contribution in [0, 0.1) is 0 Å². The molecule has 3 rings (SSSR count). The van der Waals surface area contributed by atoms with Crippen molar-refractivity contribution >= 4 is 12.6 Å². The zero-order valence-corrected chi connectivity index (χ0v) is 15.9. The van der Waals surface area contributed by atoms with Crippen LogP contribution in [0.1, 0.15) is 61.3 Å². The van der Waals surface area contributed by atoms with Gasteiger partial charge in [0.25, 0.3) is 0 Å². The molecule has 1 aromatic carbocycles. The van der Waals surface area contributed by atoms with Crippen LogP contribution in [0.2, 0.25) is 0 Å². The van der Waals surface area contributed by atoms with E-state index >= 15 is 0 Å². The van der Waals surface area contributed by atoms with Crippen LogP contribution >= 0.6 is 0 Å². The lowest BCUT2D eigenvalue weighted by Crippen LogP contribution is -2.41. The van der Waals surface area contributed by atoms with Crippen LogP contribution in [0.3, 0.4) is 0 Å². The van der Waals surface area contributed by atoms with Crippen molar-refractivity contribution in [3.05, 3.63) is 18.2 Å². The van der Waals surface area contributed by atoms with Crippen LogP contribution in [0.25, 0.3) is 0 Å². The molecule has 0 unspecified atom stereocenters. The van der Waals surface area contributed by atoms with Crippen molar-refractivity contribution in [3.63, 3.8) is 0 Å². The van der Waals surface area contributed by atoms with Crippen LogP contribution in [0.4, 0.5) is 0 Å². The van der Waals surface area contributed by atoms with Gasteiger partial charge in [-0.3, -0.25) is 0 Å². The van der Waals surface area contributed by atoms with Gasteiger partial charge in [-0.2, -0.15) is 0 Å². The van der Waals surface area contributed by atoms with Crippen molar-refractivity contribution in [1.82, 2.24) is 0 Å². The molecule has 0 radical (unpaired) electrons. The molecule has 0 aromatic heterocycles. The van der Waals surface area contributed by atoms with Crippen molar-refractivity contribution < 1.29 is 18.8 Å². The summed E-state index contributed by atoms with van der Waals surface area (Å²) in [6.07, 6.45) is 2.58. The third-order valence-corrected chi connectivity index (χ3v) is 4.68. The molecule has 4 nitrogen and oxygen atoms in total. The Kier molecular flexibility index (Phi) is 4.16. The third-order valence-electron chi connectivity index (χ3n) is 4.68. The summed E-state index contributed by atoms with van der Waals surface area (Å²) < 4.78 is 24.4. The second-order valence-electron chi connectivity index (χ2n) is 8.86. The van der Waals surface area contributed by atoms with E-state index in [0.717, 1.165) is 29.8 Å². The summed E-state index contributed by atoms with van der Waals surface area (Å²) in [5, 5.41) is 0. The zero-order valence-electron chi connectivity index (χ0n) is 15.9. The highest BCUT2D eigenvalue weighted by molar-refractivity contribution is 6.62. The fourth-order valence-electron chi connectivity index (χ4n) is 2.57. The van der Waals surface area contributed by atoms with Crippen molar-refractivity contribution in [2.45, 2.75) is 84.2 Å². The highest BCUT2D eigenvalue weighted by Gasteiger charge is 2.52. The molecule has 1 aliphatic carbocycles. The SMILES string of the molecule is CC(C)(C)Oc1cc(OC2CC2)cc(B2OC(C)(C)C(C)(C)O2)c1. The first-order valence-electron chi connectivity index (χ1n) is 8.81. The van der Waals surface area contributed by atoms with E-state index in [-0.39, 0.29) is 16.8 Å². The van der Waals surface area contributed by atoms with E-state index in [9.17, 15) is 0 Å². The molecular formula is C19H29BO4. The van der Waals surface area contributed by atoms with Crippen LogP contribution in [-0.2, 0) is 9.31 Å². The van der Waals surface area contributed by atoms with Gasteiger partial charge in [-0.25, -0.2) is 0 Å². The van der Waals surface area contributed by atoms with Gasteiger partial charge < -0.3 is 18.8 Å². The van der Waals surface area contributed by atoms with E-state index in [1.165, 1.54) is 0 Å². The Labute approximate surface area is 146 Å². The lowest BCUT2D eigenvalue weighted by atomic mass is 9.79. The normalized spacial score (nSPS) is 22.5. The highest BCUT2D eigenvalue weighted by atomic mass is 16.7. The Morgan fingerprint density at radius 3 is 2.00 bits per heavy atom. The molecule has 5 heteroatoms. The van der Waals surface area contributed by atoms with E-state index in [1.807, 2.05) is 39.0 Å². The molecule has 1 aromatic rings. The smallest absolute Gasteiger partial charge is 0.490 e. The van der Waals surface area contributed by atoms with E-state index in [1.54, 1.807) is 0 Å². The molecule has 1 saturated heterocycles. The molecule has 1 heterocycles. The predicted octanol–water partition coefficient (Wildman–Crippen LogP) is 3.70. The molecule has 1 saturated carbocycles. The average Bonchev–Trinajstić information content (AvgIpc) is 3.14. The van der Waals surface area contributed by atoms with Crippen LogP contribution < -0.4 is 14.9 Å². The summed E-state index contributed by atoms with van der Waals surface area (Å²) in [5.41, 5.74) is -0.0663. The van der Waals surface area contributed by atoms with Crippen molar-refractivity contribution in [3.8, 4) is 11.5 Å². The van der Waals surface area contributed by atoms with Crippen molar-refractivity contribution in [2.75, 3.05) is 0 Å². The minimum absolute atomic E-state index is 0.272. The Morgan fingerprint density at radius 1 is 0.958 bits per heavy atom. The summed E-state index contributed by atoms with van der Waals surface area (Å²) in [7, 11) is -0.417. The van der Waals surface area contributed by atoms with Crippen LogP contribution in [-0.4, -0.2) is 30.0 Å². The second kappa shape index (κ2) is 5.67. The maximum Gasteiger partial charge on any atom is 0.495 e. The number of rotatable bonds is 4. The number of hydrogen-bond donors (Lipinski definition) is 0. The summed E-state index contributed by atoms with van der Waals surface area (Å²) >= 11 is 0. The van der Waals surface area contributed by atoms with Gasteiger partial charge in [-0.15, -0.1) is 0 Å². The Balaban J connectivity index is 1.90. The minimum atomic E-state index is -0.417. The molecule has 2 aliphatic rings. The Morgan fingerprint density at radius 2 is 1.50 bits per heavy atom. The lowest BCUT2D eigenvalue weighted by molar-refractivity contribution is 0.00578. The molecule has 0 amide bonds. The number of hydrogen-bond acceptors (Lipinski definition) is 4. The molecule has 0 bridgehead atoms. The first-order chi connectivity index (χ1) is 11.0. The number of benzene rings is 1.